The van der Waals surface area contributed by atoms with Crippen molar-refractivity contribution >= 4 is 12.9 Å². The molecule has 1 saturated carbocycles. The summed E-state index contributed by atoms with van der Waals surface area (Å²) < 4.78 is 39.7. The molecular weight excluding hydrogens is 329 g/mol. The minimum Gasteiger partial charge on any atom is -0.285 e. The Bertz CT molecular complexity index is 808. The lowest BCUT2D eigenvalue weighted by molar-refractivity contribution is 0.445. The van der Waals surface area contributed by atoms with Crippen molar-refractivity contribution in [3.63, 3.8) is 0 Å². The van der Waals surface area contributed by atoms with Crippen molar-refractivity contribution in [2.24, 2.45) is 9.98 Å². The van der Waals surface area contributed by atoms with E-state index in [2.05, 4.69) is 26.7 Å². The molecule has 0 bridgehead atoms. The topological polar surface area (TPSA) is 50.5 Å². The number of rotatable bonds is 6. The Morgan fingerprint density at radius 3 is 2.36 bits per heavy atom. The van der Waals surface area contributed by atoms with Gasteiger partial charge in [0, 0.05) is 24.8 Å². The summed E-state index contributed by atoms with van der Waals surface area (Å²) in [6, 6.07) is 2.11. The molecule has 1 aromatic heterocycles. The predicted molar refractivity (Wildman–Crippen MR) is 89.3 cm³/mol. The van der Waals surface area contributed by atoms with Crippen molar-refractivity contribution in [3.8, 4) is 0 Å². The standard InChI is InChI=1S/C18H15F3N4/c1-22-3-2-4-23-10-17-24-8-12(9-25-17)14-7-13(14)11-5-15(19)18(21)16(20)6-11/h2-6,8-9,13-14H,1,7,10H2/b3-2-,23-4-. The fraction of sp³-hybridized carbons (Fsp3) is 0.222. The van der Waals surface area contributed by atoms with Crippen LogP contribution < -0.4 is 0 Å². The first-order valence-electron chi connectivity index (χ1n) is 7.66. The fourth-order valence-corrected chi connectivity index (χ4v) is 2.65. The Balaban J connectivity index is 1.64. The third kappa shape index (κ3) is 3.99. The molecule has 25 heavy (non-hydrogen) atoms. The van der Waals surface area contributed by atoms with E-state index >= 15 is 0 Å². The highest BCUT2D eigenvalue weighted by Gasteiger charge is 2.40. The van der Waals surface area contributed by atoms with E-state index in [1.54, 1.807) is 24.7 Å². The molecule has 1 heterocycles. The van der Waals surface area contributed by atoms with Crippen molar-refractivity contribution in [2.75, 3.05) is 0 Å². The number of benzene rings is 1. The van der Waals surface area contributed by atoms with E-state index in [0.717, 1.165) is 24.1 Å². The van der Waals surface area contributed by atoms with Crippen molar-refractivity contribution in [3.05, 3.63) is 71.2 Å². The summed E-state index contributed by atoms with van der Waals surface area (Å²) in [5.74, 6) is -3.16. The van der Waals surface area contributed by atoms with E-state index in [9.17, 15) is 13.2 Å². The Labute approximate surface area is 142 Å². The number of allylic oxidation sites excluding steroid dienone is 1. The summed E-state index contributed by atoms with van der Waals surface area (Å²) in [4.78, 5) is 16.1. The van der Waals surface area contributed by atoms with Crippen LogP contribution in [0.15, 0.2) is 46.8 Å². The summed E-state index contributed by atoms with van der Waals surface area (Å²) in [5, 5.41) is 0. The van der Waals surface area contributed by atoms with E-state index in [1.165, 1.54) is 6.20 Å². The Morgan fingerprint density at radius 1 is 1.08 bits per heavy atom. The number of aromatic nitrogens is 2. The lowest BCUT2D eigenvalue weighted by Crippen LogP contribution is -1.97. The third-order valence-corrected chi connectivity index (χ3v) is 3.99. The molecule has 0 N–H and O–H groups in total. The van der Waals surface area contributed by atoms with Crippen molar-refractivity contribution in [1.82, 2.24) is 9.97 Å². The molecule has 0 amide bonds. The SMILES string of the molecule is C=N/C=C\C=N/Cc1ncc(C2CC2c2cc(F)c(F)c(F)c2)cn1. The molecule has 7 heteroatoms. The van der Waals surface area contributed by atoms with Crippen LogP contribution in [0, 0.1) is 17.5 Å². The van der Waals surface area contributed by atoms with Crippen LogP contribution in [-0.4, -0.2) is 22.9 Å². The summed E-state index contributed by atoms with van der Waals surface area (Å²) in [5.41, 5.74) is 1.34. The first-order chi connectivity index (χ1) is 12.1. The molecule has 4 nitrogen and oxygen atoms in total. The van der Waals surface area contributed by atoms with Gasteiger partial charge >= 0.3 is 0 Å². The van der Waals surface area contributed by atoms with Crippen molar-refractivity contribution < 1.29 is 13.2 Å². The minimum absolute atomic E-state index is 0.0476. The average molecular weight is 344 g/mol. The summed E-state index contributed by atoms with van der Waals surface area (Å²) in [6.45, 7) is 3.64. The molecule has 2 aromatic rings. The third-order valence-electron chi connectivity index (χ3n) is 3.99. The smallest absolute Gasteiger partial charge is 0.194 e. The highest BCUT2D eigenvalue weighted by molar-refractivity contribution is 5.70. The van der Waals surface area contributed by atoms with Crippen molar-refractivity contribution in [2.45, 2.75) is 24.8 Å². The quantitative estimate of drug-likeness (QED) is 0.588. The molecule has 1 aliphatic rings. The number of halogens is 3. The molecule has 128 valence electrons. The van der Waals surface area contributed by atoms with Gasteiger partial charge in [-0.15, -0.1) is 0 Å². The lowest BCUT2D eigenvalue weighted by atomic mass is 10.1. The van der Waals surface area contributed by atoms with E-state index in [-0.39, 0.29) is 11.8 Å². The number of nitrogens with zero attached hydrogens (tertiary/aromatic N) is 4. The zero-order valence-electron chi connectivity index (χ0n) is 13.2. The van der Waals surface area contributed by atoms with E-state index in [0.29, 0.717) is 17.9 Å². The summed E-state index contributed by atoms with van der Waals surface area (Å²) in [6.07, 6.45) is 8.87. The van der Waals surface area contributed by atoms with Crippen LogP contribution in [0.4, 0.5) is 13.2 Å². The van der Waals surface area contributed by atoms with Crippen LogP contribution in [0.3, 0.4) is 0 Å². The van der Waals surface area contributed by atoms with Gasteiger partial charge in [-0.05, 0) is 54.3 Å². The highest BCUT2D eigenvalue weighted by atomic mass is 19.2. The Morgan fingerprint density at radius 2 is 1.72 bits per heavy atom. The van der Waals surface area contributed by atoms with E-state index in [1.807, 2.05) is 0 Å². The van der Waals surface area contributed by atoms with Crippen LogP contribution >= 0.6 is 0 Å². The van der Waals surface area contributed by atoms with Crippen LogP contribution in [-0.2, 0) is 6.54 Å². The van der Waals surface area contributed by atoms with Gasteiger partial charge in [-0.1, -0.05) is 0 Å². The molecular formula is C18H15F3N4. The van der Waals surface area contributed by atoms with E-state index < -0.39 is 17.5 Å². The maximum Gasteiger partial charge on any atom is 0.194 e. The second-order valence-corrected chi connectivity index (χ2v) is 5.69. The Hall–Kier alpha value is -2.83. The molecule has 0 aliphatic heterocycles. The summed E-state index contributed by atoms with van der Waals surface area (Å²) in [7, 11) is 0. The largest absolute Gasteiger partial charge is 0.285 e. The molecule has 2 unspecified atom stereocenters. The van der Waals surface area contributed by atoms with Crippen LogP contribution in [0.2, 0.25) is 0 Å². The van der Waals surface area contributed by atoms with Gasteiger partial charge in [0.05, 0.1) is 6.54 Å². The van der Waals surface area contributed by atoms with Gasteiger partial charge < -0.3 is 0 Å². The number of hydrogen-bond donors (Lipinski definition) is 0. The van der Waals surface area contributed by atoms with Gasteiger partial charge in [-0.3, -0.25) is 9.98 Å². The zero-order chi connectivity index (χ0) is 17.8. The van der Waals surface area contributed by atoms with E-state index in [4.69, 9.17) is 0 Å². The van der Waals surface area contributed by atoms with Crippen molar-refractivity contribution in [1.29, 1.82) is 0 Å². The Kier molecular flexibility index (Phi) is 5.02. The second-order valence-electron chi connectivity index (χ2n) is 5.69. The monoisotopic (exact) mass is 344 g/mol. The molecule has 0 saturated heterocycles. The molecule has 1 aromatic carbocycles. The average Bonchev–Trinajstić information content (AvgIpc) is 3.40. The normalized spacial score (nSPS) is 19.6. The number of hydrogen-bond acceptors (Lipinski definition) is 4. The zero-order valence-corrected chi connectivity index (χ0v) is 13.2. The van der Waals surface area contributed by atoms with Crippen LogP contribution in [0.5, 0.6) is 0 Å². The van der Waals surface area contributed by atoms with Crippen LogP contribution in [0.1, 0.15) is 35.2 Å². The fourth-order valence-electron chi connectivity index (χ4n) is 2.65. The summed E-state index contributed by atoms with van der Waals surface area (Å²) >= 11 is 0. The van der Waals surface area contributed by atoms with Gasteiger partial charge in [0.25, 0.3) is 0 Å². The maximum atomic E-state index is 13.3. The highest BCUT2D eigenvalue weighted by Crippen LogP contribution is 2.54. The van der Waals surface area contributed by atoms with Gasteiger partial charge in [-0.2, -0.15) is 0 Å². The van der Waals surface area contributed by atoms with Gasteiger partial charge in [0.15, 0.2) is 17.5 Å². The molecule has 1 aliphatic carbocycles. The lowest BCUT2D eigenvalue weighted by Gasteiger charge is -2.04. The molecule has 0 radical (unpaired) electrons. The first kappa shape index (κ1) is 17.0. The number of aliphatic imine (C=N–C) groups is 2. The second kappa shape index (κ2) is 7.38. The predicted octanol–water partition coefficient (Wildman–Crippen LogP) is 3.95. The van der Waals surface area contributed by atoms with Gasteiger partial charge in [0.2, 0.25) is 0 Å². The molecule has 2 atom stereocenters. The molecule has 1 fully saturated rings. The minimum atomic E-state index is -1.44. The molecule has 3 rings (SSSR count). The first-order valence-corrected chi connectivity index (χ1v) is 7.66. The van der Waals surface area contributed by atoms with Gasteiger partial charge in [-0.25, -0.2) is 23.1 Å². The van der Waals surface area contributed by atoms with Crippen LogP contribution in [0.25, 0.3) is 0 Å². The van der Waals surface area contributed by atoms with Gasteiger partial charge in [0.1, 0.15) is 5.82 Å². The molecule has 0 spiro atoms. The maximum absolute atomic E-state index is 13.3.